The predicted octanol–water partition coefficient (Wildman–Crippen LogP) is 2.39. The Morgan fingerprint density at radius 1 is 1.29 bits per heavy atom. The number of nitrogens with one attached hydrogen (secondary N) is 3. The number of nitrogens with zero attached hydrogens (tertiary/aromatic N) is 2. The number of primary amides is 1. The summed E-state index contributed by atoms with van der Waals surface area (Å²) in [5.74, 6) is -0.824. The highest BCUT2D eigenvalue weighted by Gasteiger charge is 2.27. The molecule has 2 aromatic rings. The van der Waals surface area contributed by atoms with Crippen molar-refractivity contribution in [3.05, 3.63) is 38.4 Å². The van der Waals surface area contributed by atoms with Crippen LogP contribution >= 0.6 is 23.2 Å². The second kappa shape index (κ2) is 8.34. The van der Waals surface area contributed by atoms with Gasteiger partial charge in [-0.15, -0.1) is 0 Å². The molecule has 0 bridgehead atoms. The van der Waals surface area contributed by atoms with Gasteiger partial charge in [0.15, 0.2) is 11.0 Å². The maximum Gasteiger partial charge on any atom is 0.267 e. The molecule has 3 rings (SSSR count). The first-order valence-electron chi connectivity index (χ1n) is 8.82. The third kappa shape index (κ3) is 4.73. The van der Waals surface area contributed by atoms with Gasteiger partial charge in [0, 0.05) is 18.3 Å². The summed E-state index contributed by atoms with van der Waals surface area (Å²) in [6.07, 6.45) is 6.44. The molecule has 0 radical (unpaired) electrons. The molecule has 7 N–H and O–H groups in total. The molecule has 1 amide bonds. The number of hydrogen-bond acceptors (Lipinski definition) is 7. The van der Waals surface area contributed by atoms with Crippen LogP contribution in [0.25, 0.3) is 0 Å². The monoisotopic (exact) mass is 425 g/mol. The van der Waals surface area contributed by atoms with E-state index in [0.29, 0.717) is 11.6 Å². The number of rotatable bonds is 6. The Bertz CT molecular complexity index is 942. The van der Waals surface area contributed by atoms with Crippen molar-refractivity contribution in [3.8, 4) is 0 Å². The third-order valence-corrected chi connectivity index (χ3v) is 5.19. The van der Waals surface area contributed by atoms with Gasteiger partial charge in [-0.05, 0) is 18.9 Å². The smallest absolute Gasteiger partial charge is 0.267 e. The van der Waals surface area contributed by atoms with E-state index in [4.69, 9.17) is 34.7 Å². The lowest BCUT2D eigenvalue weighted by molar-refractivity contribution is 0.0999. The summed E-state index contributed by atoms with van der Waals surface area (Å²) in [5, 5.41) is 6.28. The van der Waals surface area contributed by atoms with Gasteiger partial charge in [0.05, 0.1) is 10.7 Å². The molecule has 11 heteroatoms. The van der Waals surface area contributed by atoms with E-state index in [1.54, 1.807) is 0 Å². The van der Waals surface area contributed by atoms with Gasteiger partial charge in [-0.2, -0.15) is 4.98 Å². The highest BCUT2D eigenvalue weighted by atomic mass is 35.5. The minimum absolute atomic E-state index is 0.0561. The Hall–Kier alpha value is -2.36. The van der Waals surface area contributed by atoms with E-state index >= 15 is 0 Å². The number of carbonyl (C=O) groups excluding carboxylic acids is 1. The Morgan fingerprint density at radius 2 is 2.00 bits per heavy atom. The van der Waals surface area contributed by atoms with Crippen molar-refractivity contribution in [2.45, 2.75) is 37.6 Å². The average Bonchev–Trinajstić information content (AvgIpc) is 2.63. The van der Waals surface area contributed by atoms with Gasteiger partial charge in [-0.25, -0.2) is 4.98 Å². The number of carbonyl (C=O) groups is 1. The van der Waals surface area contributed by atoms with Crippen LogP contribution in [-0.4, -0.2) is 32.9 Å². The second-order valence-electron chi connectivity index (χ2n) is 6.90. The molecule has 2 aromatic heterocycles. The minimum atomic E-state index is -0.934. The predicted molar refractivity (Wildman–Crippen MR) is 109 cm³/mol. The van der Waals surface area contributed by atoms with Gasteiger partial charge in [0.1, 0.15) is 5.56 Å². The van der Waals surface area contributed by atoms with Crippen molar-refractivity contribution < 1.29 is 4.79 Å². The Kier molecular flexibility index (Phi) is 6.07. The van der Waals surface area contributed by atoms with Crippen LogP contribution in [0, 0.1) is 0 Å². The molecule has 1 saturated carbocycles. The number of amides is 1. The summed E-state index contributed by atoms with van der Waals surface area (Å²) >= 11 is 12.0. The summed E-state index contributed by atoms with van der Waals surface area (Å²) in [7, 11) is 0. The molecule has 28 heavy (non-hydrogen) atoms. The highest BCUT2D eigenvalue weighted by molar-refractivity contribution is 6.34. The number of hydrogen-bond donors (Lipinski definition) is 5. The lowest BCUT2D eigenvalue weighted by Gasteiger charge is -2.33. The van der Waals surface area contributed by atoms with E-state index in [1.165, 1.54) is 18.7 Å². The molecule has 0 saturated heterocycles. The number of aromatic amines is 1. The van der Waals surface area contributed by atoms with Crippen molar-refractivity contribution in [2.24, 2.45) is 11.5 Å². The number of H-pyrrole nitrogens is 1. The third-order valence-electron chi connectivity index (χ3n) is 4.68. The van der Waals surface area contributed by atoms with E-state index in [0.717, 1.165) is 25.7 Å². The molecular weight excluding hydrogens is 405 g/mol. The van der Waals surface area contributed by atoms with Crippen LogP contribution in [0.15, 0.2) is 17.1 Å². The molecule has 2 heterocycles. The normalized spacial score (nSPS) is 15.8. The first-order valence-corrected chi connectivity index (χ1v) is 9.58. The molecule has 1 aliphatic rings. The van der Waals surface area contributed by atoms with Gasteiger partial charge < -0.3 is 22.1 Å². The Morgan fingerprint density at radius 3 is 2.68 bits per heavy atom. The first-order chi connectivity index (χ1) is 13.3. The van der Waals surface area contributed by atoms with Crippen LogP contribution in [0.2, 0.25) is 10.2 Å². The zero-order valence-electron chi connectivity index (χ0n) is 15.0. The Labute approximate surface area is 171 Å². The standard InChI is InChI=1S/C17H21Cl2N7O2/c18-9-6-10(12(19)22-7-9)24-14-11(13(20)27)15(28)26-16(25-14)23-8-17(21)4-2-1-3-5-17/h6-7H,1-5,8,21H2,(H2,20,27)(H3,23,24,25,26,28). The van der Waals surface area contributed by atoms with Gasteiger partial charge in [-0.3, -0.25) is 14.6 Å². The Balaban J connectivity index is 1.90. The van der Waals surface area contributed by atoms with Crippen molar-refractivity contribution in [3.63, 3.8) is 0 Å². The SMILES string of the molecule is NC(=O)c1c(Nc2cc(Cl)cnc2Cl)nc(NCC2(N)CCCCC2)[nH]c1=O. The van der Waals surface area contributed by atoms with Gasteiger partial charge in [-0.1, -0.05) is 42.5 Å². The van der Waals surface area contributed by atoms with Gasteiger partial charge in [0.2, 0.25) is 5.95 Å². The first kappa shape index (κ1) is 20.4. The second-order valence-corrected chi connectivity index (χ2v) is 7.69. The summed E-state index contributed by atoms with van der Waals surface area (Å²) in [5.41, 5.74) is 10.6. The minimum Gasteiger partial charge on any atom is -0.365 e. The number of anilines is 3. The van der Waals surface area contributed by atoms with Crippen LogP contribution in [0.1, 0.15) is 42.5 Å². The molecule has 1 aliphatic carbocycles. The topological polar surface area (TPSA) is 152 Å². The highest BCUT2D eigenvalue weighted by Crippen LogP contribution is 2.28. The molecule has 1 fully saturated rings. The molecule has 0 unspecified atom stereocenters. The fourth-order valence-electron chi connectivity index (χ4n) is 3.21. The summed E-state index contributed by atoms with van der Waals surface area (Å²) < 4.78 is 0. The number of pyridine rings is 1. The molecule has 0 spiro atoms. The number of halogens is 2. The molecular formula is C17H21Cl2N7O2. The average molecular weight is 426 g/mol. The fourth-order valence-corrected chi connectivity index (χ4v) is 3.51. The zero-order valence-corrected chi connectivity index (χ0v) is 16.5. The molecule has 9 nitrogen and oxygen atoms in total. The van der Waals surface area contributed by atoms with Gasteiger partial charge >= 0.3 is 0 Å². The van der Waals surface area contributed by atoms with Crippen molar-refractivity contribution in [2.75, 3.05) is 17.2 Å². The van der Waals surface area contributed by atoms with Crippen LogP contribution in [0.3, 0.4) is 0 Å². The van der Waals surface area contributed by atoms with Crippen molar-refractivity contribution >= 4 is 46.6 Å². The van der Waals surface area contributed by atoms with Crippen LogP contribution in [0.5, 0.6) is 0 Å². The maximum atomic E-state index is 12.4. The van der Waals surface area contributed by atoms with E-state index in [2.05, 4.69) is 25.6 Å². The molecule has 150 valence electrons. The van der Waals surface area contributed by atoms with E-state index in [-0.39, 0.29) is 33.7 Å². The molecule has 0 aliphatic heterocycles. The van der Waals surface area contributed by atoms with E-state index in [1.807, 2.05) is 0 Å². The van der Waals surface area contributed by atoms with Crippen LogP contribution in [-0.2, 0) is 0 Å². The maximum absolute atomic E-state index is 12.4. The summed E-state index contributed by atoms with van der Waals surface area (Å²) in [6, 6.07) is 1.49. The lowest BCUT2D eigenvalue weighted by atomic mass is 9.82. The zero-order chi connectivity index (χ0) is 20.3. The van der Waals surface area contributed by atoms with Crippen molar-refractivity contribution in [1.82, 2.24) is 15.0 Å². The van der Waals surface area contributed by atoms with Crippen LogP contribution < -0.4 is 27.7 Å². The molecule has 0 atom stereocenters. The quantitative estimate of drug-likeness (QED) is 0.445. The van der Waals surface area contributed by atoms with Crippen molar-refractivity contribution in [1.29, 1.82) is 0 Å². The lowest BCUT2D eigenvalue weighted by Crippen LogP contribution is -2.48. The summed E-state index contributed by atoms with van der Waals surface area (Å²) in [6.45, 7) is 0.435. The number of nitrogens with two attached hydrogens (primary N) is 2. The largest absolute Gasteiger partial charge is 0.365 e. The van der Waals surface area contributed by atoms with E-state index < -0.39 is 11.5 Å². The summed E-state index contributed by atoms with van der Waals surface area (Å²) in [4.78, 5) is 34.9. The van der Waals surface area contributed by atoms with Gasteiger partial charge in [0.25, 0.3) is 11.5 Å². The fraction of sp³-hybridized carbons (Fsp3) is 0.412. The molecule has 0 aromatic carbocycles. The van der Waals surface area contributed by atoms with E-state index in [9.17, 15) is 9.59 Å². The van der Waals surface area contributed by atoms with Crippen LogP contribution in [0.4, 0.5) is 17.5 Å². The number of aromatic nitrogens is 3.